The SMILES string of the molecule is CCCN(C(=O)COC(=O)c1cc(=O)c2cc(C)ccc2o1)[C@H]1CCS(=O)(=O)C1. The van der Waals surface area contributed by atoms with Crippen molar-refractivity contribution < 1.29 is 27.2 Å². The van der Waals surface area contributed by atoms with Gasteiger partial charge in [-0.05, 0) is 31.9 Å². The van der Waals surface area contributed by atoms with Gasteiger partial charge in [0.2, 0.25) is 5.76 Å². The van der Waals surface area contributed by atoms with E-state index in [4.69, 9.17) is 9.15 Å². The number of carbonyl (C=O) groups is 2. The van der Waals surface area contributed by atoms with E-state index in [9.17, 15) is 22.8 Å². The first-order valence-corrected chi connectivity index (χ1v) is 11.2. The Bertz CT molecular complexity index is 1100. The molecule has 1 atom stereocenters. The van der Waals surface area contributed by atoms with E-state index >= 15 is 0 Å². The molecule has 0 spiro atoms. The Balaban J connectivity index is 1.70. The number of rotatable bonds is 6. The highest BCUT2D eigenvalue weighted by Gasteiger charge is 2.34. The van der Waals surface area contributed by atoms with Gasteiger partial charge >= 0.3 is 5.97 Å². The summed E-state index contributed by atoms with van der Waals surface area (Å²) in [5, 5.41) is 0.356. The van der Waals surface area contributed by atoms with E-state index in [1.165, 1.54) is 4.90 Å². The topological polar surface area (TPSA) is 111 Å². The summed E-state index contributed by atoms with van der Waals surface area (Å²) in [5.74, 6) is -1.71. The third-order valence-electron chi connectivity index (χ3n) is 4.84. The number of aryl methyl sites for hydroxylation is 1. The maximum atomic E-state index is 12.5. The molecule has 1 aliphatic rings. The molecule has 3 rings (SSSR count). The molecule has 0 radical (unpaired) electrons. The molecule has 1 aliphatic heterocycles. The van der Waals surface area contributed by atoms with Gasteiger partial charge in [0.15, 0.2) is 21.9 Å². The van der Waals surface area contributed by atoms with Gasteiger partial charge in [-0.3, -0.25) is 9.59 Å². The molecule has 1 aromatic heterocycles. The number of nitrogens with zero attached hydrogens (tertiary/aromatic N) is 1. The number of fused-ring (bicyclic) bond motifs is 1. The molecule has 0 saturated carbocycles. The quantitative estimate of drug-likeness (QED) is 0.653. The highest BCUT2D eigenvalue weighted by Crippen LogP contribution is 2.19. The van der Waals surface area contributed by atoms with Crippen molar-refractivity contribution in [3.63, 3.8) is 0 Å². The van der Waals surface area contributed by atoms with Gasteiger partial charge in [0, 0.05) is 18.7 Å². The Hall–Kier alpha value is -2.68. The lowest BCUT2D eigenvalue weighted by Crippen LogP contribution is -2.43. The first-order valence-electron chi connectivity index (χ1n) is 9.41. The number of carbonyl (C=O) groups excluding carboxylic acids is 2. The second-order valence-electron chi connectivity index (χ2n) is 7.19. The summed E-state index contributed by atoms with van der Waals surface area (Å²) < 4.78 is 33.9. The van der Waals surface area contributed by atoms with Crippen LogP contribution in [0.2, 0.25) is 0 Å². The van der Waals surface area contributed by atoms with Crippen molar-refractivity contribution in [3.05, 3.63) is 45.8 Å². The largest absolute Gasteiger partial charge is 0.450 e. The van der Waals surface area contributed by atoms with Crippen molar-refractivity contribution in [2.45, 2.75) is 32.7 Å². The second kappa shape index (κ2) is 8.36. The van der Waals surface area contributed by atoms with Crippen molar-refractivity contribution in [2.24, 2.45) is 0 Å². The van der Waals surface area contributed by atoms with Crippen LogP contribution in [0.25, 0.3) is 11.0 Å². The van der Waals surface area contributed by atoms with Gasteiger partial charge in [-0.15, -0.1) is 0 Å². The normalized spacial score (nSPS) is 17.9. The van der Waals surface area contributed by atoms with Crippen LogP contribution in [0.5, 0.6) is 0 Å². The fourth-order valence-electron chi connectivity index (χ4n) is 3.43. The van der Waals surface area contributed by atoms with Gasteiger partial charge in [0.1, 0.15) is 5.58 Å². The zero-order valence-electron chi connectivity index (χ0n) is 16.3. The minimum atomic E-state index is -3.15. The molecule has 0 N–H and O–H groups in total. The number of hydrogen-bond donors (Lipinski definition) is 0. The van der Waals surface area contributed by atoms with E-state index in [2.05, 4.69) is 0 Å². The van der Waals surface area contributed by atoms with E-state index in [1.54, 1.807) is 18.2 Å². The van der Waals surface area contributed by atoms with E-state index in [0.29, 0.717) is 24.8 Å². The molecule has 1 fully saturated rings. The van der Waals surface area contributed by atoms with Crippen molar-refractivity contribution in [1.82, 2.24) is 4.90 Å². The van der Waals surface area contributed by atoms with Crippen LogP contribution in [0.3, 0.4) is 0 Å². The van der Waals surface area contributed by atoms with Gasteiger partial charge in [-0.2, -0.15) is 0 Å². The monoisotopic (exact) mass is 421 g/mol. The number of esters is 1. The third kappa shape index (κ3) is 4.84. The summed E-state index contributed by atoms with van der Waals surface area (Å²) >= 11 is 0. The first kappa shape index (κ1) is 21.0. The van der Waals surface area contributed by atoms with Crippen LogP contribution in [0.15, 0.2) is 33.5 Å². The van der Waals surface area contributed by atoms with Gasteiger partial charge in [-0.1, -0.05) is 18.6 Å². The summed E-state index contributed by atoms with van der Waals surface area (Å²) in [5.41, 5.74) is 0.762. The van der Waals surface area contributed by atoms with Crippen LogP contribution in [-0.4, -0.2) is 55.9 Å². The fraction of sp³-hybridized carbons (Fsp3) is 0.450. The smallest absolute Gasteiger partial charge is 0.374 e. The standard InChI is InChI=1S/C20H23NO7S/c1-3-7-21(14-6-8-29(25,26)12-14)19(23)11-27-20(24)18-10-16(22)15-9-13(2)4-5-17(15)28-18/h4-5,9-10,14H,3,6-8,11-12H2,1-2H3/t14-/m0/s1. The Morgan fingerprint density at radius 2 is 2.03 bits per heavy atom. The number of hydrogen-bond acceptors (Lipinski definition) is 7. The van der Waals surface area contributed by atoms with Gasteiger partial charge < -0.3 is 14.1 Å². The molecule has 8 nitrogen and oxygen atoms in total. The van der Waals surface area contributed by atoms with Crippen molar-refractivity contribution in [1.29, 1.82) is 0 Å². The summed E-state index contributed by atoms with van der Waals surface area (Å²) in [6, 6.07) is 5.65. The summed E-state index contributed by atoms with van der Waals surface area (Å²) in [7, 11) is -3.15. The summed E-state index contributed by atoms with van der Waals surface area (Å²) in [4.78, 5) is 38.5. The zero-order valence-corrected chi connectivity index (χ0v) is 17.2. The van der Waals surface area contributed by atoms with Gasteiger partial charge in [0.25, 0.3) is 5.91 Å². The molecule has 0 aliphatic carbocycles. The van der Waals surface area contributed by atoms with Crippen LogP contribution in [0, 0.1) is 6.92 Å². The first-order chi connectivity index (χ1) is 13.7. The fourth-order valence-corrected chi connectivity index (χ4v) is 5.16. The van der Waals surface area contributed by atoms with Crippen LogP contribution >= 0.6 is 0 Å². The molecule has 1 saturated heterocycles. The molecule has 1 aromatic carbocycles. The van der Waals surface area contributed by atoms with Crippen molar-refractivity contribution >= 4 is 32.7 Å². The Morgan fingerprint density at radius 3 is 2.69 bits per heavy atom. The lowest BCUT2D eigenvalue weighted by molar-refractivity contribution is -0.136. The Morgan fingerprint density at radius 1 is 1.28 bits per heavy atom. The average molecular weight is 421 g/mol. The van der Waals surface area contributed by atoms with Crippen LogP contribution in [0.1, 0.15) is 35.9 Å². The second-order valence-corrected chi connectivity index (χ2v) is 9.42. The lowest BCUT2D eigenvalue weighted by Gasteiger charge is -2.27. The molecule has 9 heteroatoms. The molecule has 2 aromatic rings. The highest BCUT2D eigenvalue weighted by molar-refractivity contribution is 7.91. The Kier molecular flexibility index (Phi) is 6.07. The van der Waals surface area contributed by atoms with Crippen LogP contribution in [0.4, 0.5) is 0 Å². The molecule has 156 valence electrons. The number of sulfone groups is 1. The van der Waals surface area contributed by atoms with E-state index < -0.39 is 34.4 Å². The van der Waals surface area contributed by atoms with E-state index in [0.717, 1.165) is 11.6 Å². The highest BCUT2D eigenvalue weighted by atomic mass is 32.2. The van der Waals surface area contributed by atoms with E-state index in [1.807, 2.05) is 13.8 Å². The predicted octanol–water partition coefficient (Wildman–Crippen LogP) is 1.68. The molecule has 1 amide bonds. The van der Waals surface area contributed by atoms with Gasteiger partial charge in [-0.25, -0.2) is 13.2 Å². The Labute approximate surface area is 168 Å². The van der Waals surface area contributed by atoms with Crippen LogP contribution < -0.4 is 5.43 Å². The molecular formula is C20H23NO7S. The molecule has 2 heterocycles. The minimum absolute atomic E-state index is 0.0483. The maximum absolute atomic E-state index is 12.5. The van der Waals surface area contributed by atoms with E-state index in [-0.39, 0.29) is 28.3 Å². The predicted molar refractivity (Wildman–Crippen MR) is 107 cm³/mol. The van der Waals surface area contributed by atoms with Gasteiger partial charge in [0.05, 0.1) is 16.9 Å². The number of ether oxygens (including phenoxy) is 1. The summed E-state index contributed by atoms with van der Waals surface area (Å²) in [6.07, 6.45) is 1.02. The number of benzene rings is 1. The minimum Gasteiger partial charge on any atom is -0.450 e. The average Bonchev–Trinajstić information content (AvgIpc) is 3.03. The summed E-state index contributed by atoms with van der Waals surface area (Å²) in [6.45, 7) is 3.54. The van der Waals surface area contributed by atoms with Crippen molar-refractivity contribution in [3.8, 4) is 0 Å². The van der Waals surface area contributed by atoms with Crippen molar-refractivity contribution in [2.75, 3.05) is 24.7 Å². The van der Waals surface area contributed by atoms with Crippen LogP contribution in [-0.2, 0) is 19.4 Å². The maximum Gasteiger partial charge on any atom is 0.374 e. The molecular weight excluding hydrogens is 398 g/mol. The molecule has 0 bridgehead atoms. The molecule has 29 heavy (non-hydrogen) atoms. The lowest BCUT2D eigenvalue weighted by atomic mass is 10.1. The third-order valence-corrected chi connectivity index (χ3v) is 6.59. The number of amides is 1. The zero-order chi connectivity index (χ0) is 21.2. The molecule has 0 unspecified atom stereocenters.